The summed E-state index contributed by atoms with van der Waals surface area (Å²) in [5.74, 6) is 4.92. The lowest BCUT2D eigenvalue weighted by Crippen LogP contribution is -2.50. The highest BCUT2D eigenvalue weighted by Crippen LogP contribution is 2.37. The molecule has 9 nitrogen and oxygen atoms in total. The van der Waals surface area contributed by atoms with Crippen LogP contribution in [0.1, 0.15) is 29.5 Å². The van der Waals surface area contributed by atoms with Crippen molar-refractivity contribution in [3.8, 4) is 0 Å². The largest absolute Gasteiger partial charge is 0.619 e. The van der Waals surface area contributed by atoms with Crippen LogP contribution in [-0.2, 0) is 26.1 Å². The average molecular weight is 468 g/mol. The number of carbonyl (C=O) groups excluding carboxylic acids is 1. The van der Waals surface area contributed by atoms with E-state index in [1.165, 1.54) is 24.7 Å². The van der Waals surface area contributed by atoms with Gasteiger partial charge in [-0.05, 0) is 36.1 Å². The van der Waals surface area contributed by atoms with E-state index in [0.29, 0.717) is 29.8 Å². The van der Waals surface area contributed by atoms with Crippen molar-refractivity contribution in [1.29, 1.82) is 0 Å². The molecule has 2 aromatic rings. The number of pyridine rings is 1. The molecule has 0 saturated carbocycles. The number of rotatable bonds is 7. The van der Waals surface area contributed by atoms with Gasteiger partial charge in [0.05, 0.1) is 6.21 Å². The first-order valence-electron chi connectivity index (χ1n) is 10.5. The van der Waals surface area contributed by atoms with E-state index < -0.39 is 20.8 Å². The molecule has 1 aliphatic heterocycles. The predicted octanol–water partition coefficient (Wildman–Crippen LogP) is 1.04. The van der Waals surface area contributed by atoms with E-state index in [4.69, 9.17) is 5.84 Å². The number of nitrogens with two attached hydrogens (primary N) is 1. The number of aromatic nitrogens is 1. The van der Waals surface area contributed by atoms with E-state index in [9.17, 15) is 18.4 Å². The number of nitrogens with zero attached hydrogens (tertiary/aromatic N) is 3. The molecule has 2 atom stereocenters. The molecule has 1 fully saturated rings. The number of likely N-dealkylation sites (tertiary alicyclic amines) is 1. The number of amides is 1. The fraction of sp³-hybridized carbons (Fsp3) is 0.261. The van der Waals surface area contributed by atoms with Crippen molar-refractivity contribution in [2.75, 3.05) is 6.54 Å². The Balaban J connectivity index is 1.54. The molecule has 172 valence electrons. The maximum atomic E-state index is 13.6. The number of hydrogen-bond donors (Lipinski definition) is 2. The molecule has 0 bridgehead atoms. The molecular formula is C23H25N5O4S. The smallest absolute Gasteiger partial charge is 0.241 e. The second kappa shape index (κ2) is 9.16. The summed E-state index contributed by atoms with van der Waals surface area (Å²) in [4.78, 5) is 14.7. The van der Waals surface area contributed by atoms with Crippen LogP contribution in [0.4, 0.5) is 0 Å². The van der Waals surface area contributed by atoms with Gasteiger partial charge in [0.1, 0.15) is 10.8 Å². The zero-order valence-corrected chi connectivity index (χ0v) is 18.7. The predicted molar refractivity (Wildman–Crippen MR) is 124 cm³/mol. The normalized spacial score (nSPS) is 23.0. The van der Waals surface area contributed by atoms with E-state index in [2.05, 4.69) is 9.82 Å². The number of nitrogens with one attached hydrogen (secondary N) is 1. The van der Waals surface area contributed by atoms with Gasteiger partial charge in [-0.25, -0.2) is 13.1 Å². The molecule has 0 radical (unpaired) electrons. The summed E-state index contributed by atoms with van der Waals surface area (Å²) in [6, 6.07) is 9.71. The van der Waals surface area contributed by atoms with Gasteiger partial charge in [-0.15, -0.1) is 0 Å². The van der Waals surface area contributed by atoms with Crippen LogP contribution in [0.25, 0.3) is 0 Å². The maximum absolute atomic E-state index is 13.6. The molecule has 10 heteroatoms. The molecule has 1 aromatic heterocycles. The number of benzene rings is 1. The third-order valence-electron chi connectivity index (χ3n) is 5.92. The average Bonchev–Trinajstić information content (AvgIpc) is 3.13. The molecule has 4 rings (SSSR count). The molecule has 33 heavy (non-hydrogen) atoms. The van der Waals surface area contributed by atoms with Gasteiger partial charge in [0, 0.05) is 24.7 Å². The van der Waals surface area contributed by atoms with Crippen LogP contribution in [0.3, 0.4) is 0 Å². The van der Waals surface area contributed by atoms with E-state index >= 15 is 0 Å². The number of allylic oxidation sites excluding steroid dienone is 3. The number of hydrazone groups is 1. The highest BCUT2D eigenvalue weighted by Gasteiger charge is 2.47. The second-order valence-electron chi connectivity index (χ2n) is 8.08. The SMILES string of the molecule is NN=Cc1cccc(CN2CC[C@H](NS(=O)(=O)C3(c4ccc[n+]([O-])c4)C=CC=CC3)C2=O)c1. The zero-order valence-electron chi connectivity index (χ0n) is 17.9. The van der Waals surface area contributed by atoms with Gasteiger partial charge in [0.15, 0.2) is 12.4 Å². The maximum Gasteiger partial charge on any atom is 0.241 e. The van der Waals surface area contributed by atoms with Crippen molar-refractivity contribution < 1.29 is 17.9 Å². The third-order valence-corrected chi connectivity index (χ3v) is 8.01. The molecule has 1 amide bonds. The van der Waals surface area contributed by atoms with Gasteiger partial charge in [-0.2, -0.15) is 9.83 Å². The van der Waals surface area contributed by atoms with Crippen molar-refractivity contribution in [2.24, 2.45) is 10.9 Å². The standard InChI is InChI=1S/C23H25N5O4S/c24-25-15-18-6-4-7-19(14-18)16-27-13-9-21(22(27)29)26-33(31,32)23(10-2-1-3-11-23)20-8-5-12-28(30)17-20/h1-8,10,12,14-15,17,21,26H,9,11,13,16,24H2/t21-,23?/m0/s1. The van der Waals surface area contributed by atoms with Crippen molar-refractivity contribution in [1.82, 2.24) is 9.62 Å². The minimum atomic E-state index is -4.06. The Labute approximate surface area is 192 Å². The molecule has 1 aromatic carbocycles. The second-order valence-corrected chi connectivity index (χ2v) is 10.1. The van der Waals surface area contributed by atoms with Crippen LogP contribution < -0.4 is 15.3 Å². The van der Waals surface area contributed by atoms with Crippen molar-refractivity contribution in [3.05, 3.63) is 95.0 Å². The molecule has 3 N–H and O–H groups in total. The van der Waals surface area contributed by atoms with Crippen LogP contribution in [0.2, 0.25) is 0 Å². The Kier molecular flexibility index (Phi) is 6.30. The molecule has 0 spiro atoms. The monoisotopic (exact) mass is 467 g/mol. The molecule has 1 aliphatic carbocycles. The lowest BCUT2D eigenvalue weighted by Gasteiger charge is -2.31. The summed E-state index contributed by atoms with van der Waals surface area (Å²) < 4.78 is 28.9. The van der Waals surface area contributed by atoms with Crippen molar-refractivity contribution >= 4 is 22.1 Å². The summed E-state index contributed by atoms with van der Waals surface area (Å²) >= 11 is 0. The highest BCUT2D eigenvalue weighted by molar-refractivity contribution is 7.90. The first-order valence-corrected chi connectivity index (χ1v) is 12.0. The van der Waals surface area contributed by atoms with Gasteiger partial charge in [0.25, 0.3) is 0 Å². The van der Waals surface area contributed by atoms with E-state index in [0.717, 1.165) is 11.1 Å². The Morgan fingerprint density at radius 3 is 2.88 bits per heavy atom. The van der Waals surface area contributed by atoms with Gasteiger partial charge in [0.2, 0.25) is 15.9 Å². The van der Waals surface area contributed by atoms with E-state index in [1.54, 1.807) is 35.3 Å². The first-order chi connectivity index (χ1) is 15.8. The fourth-order valence-corrected chi connectivity index (χ4v) is 6.06. The summed E-state index contributed by atoms with van der Waals surface area (Å²) in [5.41, 5.74) is 2.05. The quantitative estimate of drug-likeness (QED) is 0.207. The number of carbonyl (C=O) groups is 1. The molecule has 2 heterocycles. The number of hydrogen-bond acceptors (Lipinski definition) is 6. The Bertz CT molecular complexity index is 1240. The molecule has 1 unspecified atom stereocenters. The Hall–Kier alpha value is -3.50. The minimum Gasteiger partial charge on any atom is -0.619 e. The Morgan fingerprint density at radius 1 is 1.30 bits per heavy atom. The lowest BCUT2D eigenvalue weighted by molar-refractivity contribution is -0.606. The first kappa shape index (κ1) is 22.7. The van der Waals surface area contributed by atoms with Crippen LogP contribution in [0.5, 0.6) is 0 Å². The summed E-state index contributed by atoms with van der Waals surface area (Å²) in [7, 11) is -4.06. The fourth-order valence-electron chi connectivity index (χ4n) is 4.25. The third kappa shape index (κ3) is 4.53. The summed E-state index contributed by atoms with van der Waals surface area (Å²) in [5, 5.41) is 15.4. The zero-order chi connectivity index (χ0) is 23.5. The van der Waals surface area contributed by atoms with Gasteiger partial charge >= 0.3 is 0 Å². The van der Waals surface area contributed by atoms with Crippen molar-refractivity contribution in [2.45, 2.75) is 30.2 Å². The Morgan fingerprint density at radius 2 is 2.15 bits per heavy atom. The van der Waals surface area contributed by atoms with E-state index in [-0.39, 0.29) is 12.3 Å². The van der Waals surface area contributed by atoms with Gasteiger partial charge in [-0.3, -0.25) is 4.79 Å². The molecular weight excluding hydrogens is 442 g/mol. The summed E-state index contributed by atoms with van der Waals surface area (Å²) in [6.45, 7) is 0.780. The highest BCUT2D eigenvalue weighted by atomic mass is 32.2. The lowest BCUT2D eigenvalue weighted by atomic mass is 9.93. The number of sulfonamides is 1. The minimum absolute atomic E-state index is 0.156. The van der Waals surface area contributed by atoms with Gasteiger partial charge < -0.3 is 15.9 Å². The van der Waals surface area contributed by atoms with Crippen LogP contribution in [0, 0.1) is 5.21 Å². The van der Waals surface area contributed by atoms with Crippen molar-refractivity contribution in [3.63, 3.8) is 0 Å². The van der Waals surface area contributed by atoms with E-state index in [1.807, 2.05) is 24.3 Å². The van der Waals surface area contributed by atoms with Crippen LogP contribution in [-0.4, -0.2) is 38.0 Å². The topological polar surface area (TPSA) is 132 Å². The molecule has 1 saturated heterocycles. The van der Waals surface area contributed by atoms with Gasteiger partial charge in [-0.1, -0.05) is 42.5 Å². The molecule has 2 aliphatic rings. The van der Waals surface area contributed by atoms with Crippen LogP contribution >= 0.6 is 0 Å². The summed E-state index contributed by atoms with van der Waals surface area (Å²) in [6.07, 6.45) is 11.3. The van der Waals surface area contributed by atoms with Crippen LogP contribution in [0.15, 0.2) is 78.2 Å².